The Balaban J connectivity index is 1.52. The minimum Gasteiger partial charge on any atom is -0.379 e. The molecule has 0 saturated carbocycles. The summed E-state index contributed by atoms with van der Waals surface area (Å²) in [4.78, 5) is 15.3. The van der Waals surface area contributed by atoms with Crippen molar-refractivity contribution >= 4 is 17.2 Å². The van der Waals surface area contributed by atoms with E-state index >= 15 is 0 Å². The van der Waals surface area contributed by atoms with E-state index in [0.29, 0.717) is 24.5 Å². The third-order valence-electron chi connectivity index (χ3n) is 3.28. The average molecular weight is 307 g/mol. The van der Waals surface area contributed by atoms with Gasteiger partial charge in [-0.1, -0.05) is 11.2 Å². The summed E-state index contributed by atoms with van der Waals surface area (Å²) >= 11 is 1.61. The molecule has 1 aliphatic heterocycles. The zero-order chi connectivity index (χ0) is 14.5. The molecule has 0 bridgehead atoms. The van der Waals surface area contributed by atoms with Crippen molar-refractivity contribution in [2.45, 2.75) is 13.1 Å². The molecule has 1 saturated heterocycles. The van der Waals surface area contributed by atoms with Crippen molar-refractivity contribution in [1.29, 1.82) is 0 Å². The molecule has 0 spiro atoms. The molecule has 1 fully saturated rings. The molecule has 0 aromatic carbocycles. The summed E-state index contributed by atoms with van der Waals surface area (Å²) in [6.45, 7) is 4.41. The second kappa shape index (κ2) is 6.84. The van der Waals surface area contributed by atoms with Gasteiger partial charge in [0.25, 0.3) is 5.91 Å². The Morgan fingerprint density at radius 1 is 1.43 bits per heavy atom. The zero-order valence-corrected chi connectivity index (χ0v) is 12.4. The first-order chi connectivity index (χ1) is 10.3. The number of ether oxygens (including phenoxy) is 1. The van der Waals surface area contributed by atoms with Gasteiger partial charge in [0.1, 0.15) is 0 Å². The standard InChI is InChI=1S/C14H17N3O3S/c18-14(15-9-12-2-1-7-21-12)13-8-11(20-16-13)10-17-3-5-19-6-4-17/h1-2,7-8H,3-6,9-10H2,(H,15,18). The van der Waals surface area contributed by atoms with Crippen molar-refractivity contribution < 1.29 is 14.1 Å². The van der Waals surface area contributed by atoms with Gasteiger partial charge in [0, 0.05) is 24.0 Å². The molecule has 3 rings (SSSR count). The molecule has 1 amide bonds. The van der Waals surface area contributed by atoms with Crippen LogP contribution >= 0.6 is 11.3 Å². The van der Waals surface area contributed by atoms with Gasteiger partial charge in [0.2, 0.25) is 0 Å². The van der Waals surface area contributed by atoms with E-state index in [1.54, 1.807) is 17.4 Å². The van der Waals surface area contributed by atoms with E-state index in [0.717, 1.165) is 31.2 Å². The van der Waals surface area contributed by atoms with Gasteiger partial charge in [-0.05, 0) is 11.4 Å². The van der Waals surface area contributed by atoms with Crippen LogP contribution in [-0.2, 0) is 17.8 Å². The van der Waals surface area contributed by atoms with E-state index in [1.807, 2.05) is 17.5 Å². The van der Waals surface area contributed by atoms with Crippen LogP contribution in [0.1, 0.15) is 21.1 Å². The van der Waals surface area contributed by atoms with Crippen LogP contribution in [0.5, 0.6) is 0 Å². The molecule has 1 aliphatic rings. The largest absolute Gasteiger partial charge is 0.379 e. The molecule has 112 valence electrons. The van der Waals surface area contributed by atoms with E-state index in [9.17, 15) is 4.79 Å². The normalized spacial score (nSPS) is 16.0. The van der Waals surface area contributed by atoms with E-state index in [2.05, 4.69) is 15.4 Å². The van der Waals surface area contributed by atoms with Crippen molar-refractivity contribution in [1.82, 2.24) is 15.4 Å². The number of nitrogens with one attached hydrogen (secondary N) is 1. The fourth-order valence-electron chi connectivity index (χ4n) is 2.15. The van der Waals surface area contributed by atoms with Crippen molar-refractivity contribution in [3.63, 3.8) is 0 Å². The first-order valence-corrected chi connectivity index (χ1v) is 7.75. The summed E-state index contributed by atoms with van der Waals surface area (Å²) < 4.78 is 10.5. The SMILES string of the molecule is O=C(NCc1cccs1)c1cc(CN2CCOCC2)on1. The second-order valence-electron chi connectivity index (χ2n) is 4.83. The summed E-state index contributed by atoms with van der Waals surface area (Å²) in [7, 11) is 0. The van der Waals surface area contributed by atoms with Gasteiger partial charge >= 0.3 is 0 Å². The second-order valence-corrected chi connectivity index (χ2v) is 5.86. The maximum atomic E-state index is 12.0. The Hall–Kier alpha value is -1.70. The average Bonchev–Trinajstić information content (AvgIpc) is 3.17. The number of carbonyl (C=O) groups is 1. The highest BCUT2D eigenvalue weighted by molar-refractivity contribution is 7.09. The van der Waals surface area contributed by atoms with Crippen LogP contribution in [0.15, 0.2) is 28.1 Å². The van der Waals surface area contributed by atoms with Crippen molar-refractivity contribution in [2.75, 3.05) is 26.3 Å². The number of thiophene rings is 1. The highest BCUT2D eigenvalue weighted by atomic mass is 32.1. The van der Waals surface area contributed by atoms with E-state index in [4.69, 9.17) is 9.26 Å². The lowest BCUT2D eigenvalue weighted by atomic mass is 10.3. The van der Waals surface area contributed by atoms with Crippen molar-refractivity contribution in [3.8, 4) is 0 Å². The lowest BCUT2D eigenvalue weighted by molar-refractivity contribution is 0.0305. The van der Waals surface area contributed by atoms with Crippen LogP contribution in [0.4, 0.5) is 0 Å². The van der Waals surface area contributed by atoms with Gasteiger partial charge in [-0.25, -0.2) is 0 Å². The zero-order valence-electron chi connectivity index (χ0n) is 11.6. The third kappa shape index (κ3) is 3.90. The highest BCUT2D eigenvalue weighted by Crippen LogP contribution is 2.10. The summed E-state index contributed by atoms with van der Waals surface area (Å²) in [5, 5.41) is 8.66. The molecule has 0 unspecified atom stereocenters. The summed E-state index contributed by atoms with van der Waals surface area (Å²) in [5.74, 6) is 0.499. The number of rotatable bonds is 5. The predicted octanol–water partition coefficient (Wildman–Crippen LogP) is 1.50. The van der Waals surface area contributed by atoms with Gasteiger partial charge in [0.05, 0.1) is 26.3 Å². The lowest BCUT2D eigenvalue weighted by Gasteiger charge is -2.25. The van der Waals surface area contributed by atoms with E-state index < -0.39 is 0 Å². The molecule has 0 aliphatic carbocycles. The van der Waals surface area contributed by atoms with Gasteiger partial charge < -0.3 is 14.6 Å². The highest BCUT2D eigenvalue weighted by Gasteiger charge is 2.16. The number of carbonyl (C=O) groups excluding carboxylic acids is 1. The number of nitrogens with zero attached hydrogens (tertiary/aromatic N) is 2. The minimum atomic E-state index is -0.208. The Morgan fingerprint density at radius 3 is 3.05 bits per heavy atom. The van der Waals surface area contributed by atoms with Crippen LogP contribution in [0.3, 0.4) is 0 Å². The summed E-state index contributed by atoms with van der Waals surface area (Å²) in [6.07, 6.45) is 0. The molecule has 7 heteroatoms. The minimum absolute atomic E-state index is 0.208. The molecule has 1 N–H and O–H groups in total. The maximum absolute atomic E-state index is 12.0. The van der Waals surface area contributed by atoms with Gasteiger partial charge in [-0.2, -0.15) is 0 Å². The quantitative estimate of drug-likeness (QED) is 0.906. The van der Waals surface area contributed by atoms with Crippen molar-refractivity contribution in [2.24, 2.45) is 0 Å². The molecular weight excluding hydrogens is 290 g/mol. The summed E-state index contributed by atoms with van der Waals surface area (Å²) in [5.41, 5.74) is 0.329. The van der Waals surface area contributed by atoms with Gasteiger partial charge in [-0.15, -0.1) is 11.3 Å². The first kappa shape index (κ1) is 14.2. The fraction of sp³-hybridized carbons (Fsp3) is 0.429. The monoisotopic (exact) mass is 307 g/mol. The van der Waals surface area contributed by atoms with Crippen LogP contribution < -0.4 is 5.32 Å². The number of hydrogen-bond acceptors (Lipinski definition) is 6. The van der Waals surface area contributed by atoms with E-state index in [-0.39, 0.29) is 5.91 Å². The smallest absolute Gasteiger partial charge is 0.273 e. The predicted molar refractivity (Wildman–Crippen MR) is 78.1 cm³/mol. The van der Waals surface area contributed by atoms with E-state index in [1.165, 1.54) is 0 Å². The molecule has 0 atom stereocenters. The van der Waals surface area contributed by atoms with Gasteiger partial charge in [-0.3, -0.25) is 9.69 Å². The van der Waals surface area contributed by atoms with Crippen LogP contribution in [0, 0.1) is 0 Å². The molecule has 0 radical (unpaired) electrons. The number of amides is 1. The number of aromatic nitrogens is 1. The number of morpholine rings is 1. The third-order valence-corrected chi connectivity index (χ3v) is 4.15. The maximum Gasteiger partial charge on any atom is 0.273 e. The van der Waals surface area contributed by atoms with Crippen molar-refractivity contribution in [3.05, 3.63) is 39.9 Å². The Morgan fingerprint density at radius 2 is 2.29 bits per heavy atom. The van der Waals surface area contributed by atoms with Crippen LogP contribution in [0.25, 0.3) is 0 Å². The topological polar surface area (TPSA) is 67.6 Å². The first-order valence-electron chi connectivity index (χ1n) is 6.87. The lowest BCUT2D eigenvalue weighted by Crippen LogP contribution is -2.35. The number of hydrogen-bond donors (Lipinski definition) is 1. The molecule has 6 nitrogen and oxygen atoms in total. The molecule has 21 heavy (non-hydrogen) atoms. The van der Waals surface area contributed by atoms with Crippen LogP contribution in [0.2, 0.25) is 0 Å². The Bertz CT molecular complexity index is 576. The molecular formula is C14H17N3O3S. The Labute approximate surface area is 126 Å². The molecule has 2 aromatic heterocycles. The van der Waals surface area contributed by atoms with Gasteiger partial charge in [0.15, 0.2) is 11.5 Å². The fourth-order valence-corrected chi connectivity index (χ4v) is 2.79. The summed E-state index contributed by atoms with van der Waals surface area (Å²) in [6, 6.07) is 5.65. The molecule has 3 heterocycles. The molecule has 2 aromatic rings. The van der Waals surface area contributed by atoms with Crippen LogP contribution in [-0.4, -0.2) is 42.3 Å². The Kier molecular flexibility index (Phi) is 4.64.